The van der Waals surface area contributed by atoms with E-state index >= 15 is 0 Å². The fourth-order valence-corrected chi connectivity index (χ4v) is 1.05. The highest BCUT2D eigenvalue weighted by Gasteiger charge is 1.98. The molecular formula is C9H14. The summed E-state index contributed by atoms with van der Waals surface area (Å²) in [5.74, 6) is 0.777. The number of hydrogen-bond donors (Lipinski definition) is 0. The van der Waals surface area contributed by atoms with Gasteiger partial charge in [0.25, 0.3) is 0 Å². The van der Waals surface area contributed by atoms with Crippen LogP contribution in [-0.4, -0.2) is 0 Å². The topological polar surface area (TPSA) is 0 Å². The van der Waals surface area contributed by atoms with Crippen molar-refractivity contribution >= 4 is 0 Å². The van der Waals surface area contributed by atoms with Gasteiger partial charge in [0.1, 0.15) is 0 Å². The smallest absolute Gasteiger partial charge is 0.0256 e. The van der Waals surface area contributed by atoms with Crippen LogP contribution in [0.3, 0.4) is 0 Å². The Morgan fingerprint density at radius 3 is 3.11 bits per heavy atom. The summed E-state index contributed by atoms with van der Waals surface area (Å²) in [6, 6.07) is 0. The summed E-state index contributed by atoms with van der Waals surface area (Å²) < 4.78 is 0. The molecule has 0 spiro atoms. The maximum absolute atomic E-state index is 2.31. The first-order valence-corrected chi connectivity index (χ1v) is 3.64. The van der Waals surface area contributed by atoms with E-state index in [4.69, 9.17) is 0 Å². The zero-order valence-corrected chi connectivity index (χ0v) is 6.22. The molecule has 0 aromatic heterocycles. The van der Waals surface area contributed by atoms with Gasteiger partial charge in [0.05, 0.1) is 0 Å². The minimum absolute atomic E-state index is 0.777. The molecule has 1 aliphatic carbocycles. The second-order valence-electron chi connectivity index (χ2n) is 2.86. The van der Waals surface area contributed by atoms with Gasteiger partial charge in [-0.1, -0.05) is 30.7 Å². The van der Waals surface area contributed by atoms with Crippen molar-refractivity contribution in [2.45, 2.75) is 26.7 Å². The Bertz CT molecular complexity index is 140. The van der Waals surface area contributed by atoms with Crippen molar-refractivity contribution in [2.75, 3.05) is 0 Å². The van der Waals surface area contributed by atoms with Gasteiger partial charge in [-0.2, -0.15) is 0 Å². The van der Waals surface area contributed by atoms with Crippen molar-refractivity contribution in [2.24, 2.45) is 5.92 Å². The molecule has 0 aromatic rings. The Morgan fingerprint density at radius 2 is 2.33 bits per heavy atom. The van der Waals surface area contributed by atoms with Gasteiger partial charge < -0.3 is 0 Å². The number of rotatable bonds is 0. The molecule has 0 saturated heterocycles. The van der Waals surface area contributed by atoms with Crippen LogP contribution in [0, 0.1) is 5.92 Å². The van der Waals surface area contributed by atoms with E-state index in [-0.39, 0.29) is 0 Å². The fourth-order valence-electron chi connectivity index (χ4n) is 1.05. The number of allylic oxidation sites excluding steroid dienone is 4. The van der Waals surface area contributed by atoms with Gasteiger partial charge in [0.15, 0.2) is 0 Å². The standard InChI is InChI=1S/C9H14/c1-8-4-3-5-9(2)7-6-8/h4,6-7,9H,3,5H2,1-2H3. The van der Waals surface area contributed by atoms with Gasteiger partial charge in [-0.15, -0.1) is 0 Å². The van der Waals surface area contributed by atoms with Gasteiger partial charge >= 0.3 is 0 Å². The van der Waals surface area contributed by atoms with E-state index in [0.717, 1.165) is 5.92 Å². The first-order valence-electron chi connectivity index (χ1n) is 3.64. The van der Waals surface area contributed by atoms with Crippen molar-refractivity contribution in [3.8, 4) is 0 Å². The summed E-state index contributed by atoms with van der Waals surface area (Å²) in [7, 11) is 0. The van der Waals surface area contributed by atoms with Crippen LogP contribution in [0.1, 0.15) is 26.7 Å². The molecular weight excluding hydrogens is 108 g/mol. The van der Waals surface area contributed by atoms with Gasteiger partial charge in [-0.3, -0.25) is 0 Å². The Morgan fingerprint density at radius 1 is 1.56 bits per heavy atom. The van der Waals surface area contributed by atoms with Crippen molar-refractivity contribution in [1.82, 2.24) is 0 Å². The molecule has 0 bridgehead atoms. The van der Waals surface area contributed by atoms with Crippen molar-refractivity contribution in [1.29, 1.82) is 0 Å². The van der Waals surface area contributed by atoms with Gasteiger partial charge in [0, 0.05) is 0 Å². The third kappa shape index (κ3) is 2.05. The van der Waals surface area contributed by atoms with Crippen LogP contribution in [0.15, 0.2) is 23.8 Å². The molecule has 1 atom stereocenters. The van der Waals surface area contributed by atoms with Gasteiger partial charge in [-0.05, 0) is 25.7 Å². The zero-order chi connectivity index (χ0) is 6.69. The van der Waals surface area contributed by atoms with Crippen molar-refractivity contribution in [3.63, 3.8) is 0 Å². The predicted octanol–water partition coefficient (Wildman–Crippen LogP) is 2.92. The first-order chi connectivity index (χ1) is 4.29. The molecule has 0 nitrogen and oxygen atoms in total. The third-order valence-electron chi connectivity index (χ3n) is 1.78. The minimum atomic E-state index is 0.777. The first kappa shape index (κ1) is 6.60. The summed E-state index contributed by atoms with van der Waals surface area (Å²) in [5.41, 5.74) is 1.42. The lowest BCUT2D eigenvalue weighted by molar-refractivity contribution is 0.662. The predicted molar refractivity (Wildman–Crippen MR) is 41.3 cm³/mol. The molecule has 0 aromatic carbocycles. The highest BCUT2D eigenvalue weighted by molar-refractivity contribution is 5.18. The molecule has 0 heterocycles. The SMILES string of the molecule is CC1=CCCC(C)C=C1. The molecule has 0 saturated carbocycles. The lowest BCUT2D eigenvalue weighted by Crippen LogP contribution is -1.84. The number of hydrogen-bond acceptors (Lipinski definition) is 0. The Balaban J connectivity index is 2.58. The van der Waals surface area contributed by atoms with Crippen molar-refractivity contribution in [3.05, 3.63) is 23.8 Å². The maximum atomic E-state index is 2.31. The van der Waals surface area contributed by atoms with E-state index in [2.05, 4.69) is 32.1 Å². The van der Waals surface area contributed by atoms with Crippen LogP contribution in [0.2, 0.25) is 0 Å². The molecule has 1 aliphatic rings. The normalized spacial score (nSPS) is 27.3. The Kier molecular flexibility index (Phi) is 2.10. The highest BCUT2D eigenvalue weighted by atomic mass is 14.0. The Hall–Kier alpha value is -0.520. The average molecular weight is 122 g/mol. The van der Waals surface area contributed by atoms with Crippen LogP contribution in [0.5, 0.6) is 0 Å². The van der Waals surface area contributed by atoms with E-state index < -0.39 is 0 Å². The van der Waals surface area contributed by atoms with Crippen LogP contribution in [0.4, 0.5) is 0 Å². The Labute approximate surface area is 57.3 Å². The molecule has 50 valence electrons. The van der Waals surface area contributed by atoms with E-state index in [9.17, 15) is 0 Å². The van der Waals surface area contributed by atoms with E-state index in [0.29, 0.717) is 0 Å². The van der Waals surface area contributed by atoms with Crippen molar-refractivity contribution < 1.29 is 0 Å². The van der Waals surface area contributed by atoms with Crippen LogP contribution >= 0.6 is 0 Å². The van der Waals surface area contributed by atoms with Gasteiger partial charge in [0.2, 0.25) is 0 Å². The molecule has 9 heavy (non-hydrogen) atoms. The van der Waals surface area contributed by atoms with Gasteiger partial charge in [-0.25, -0.2) is 0 Å². The minimum Gasteiger partial charge on any atom is -0.0816 e. The lowest BCUT2D eigenvalue weighted by atomic mass is 10.1. The van der Waals surface area contributed by atoms with E-state index in [1.165, 1.54) is 18.4 Å². The summed E-state index contributed by atoms with van der Waals surface area (Å²) in [5, 5.41) is 0. The second-order valence-corrected chi connectivity index (χ2v) is 2.86. The second kappa shape index (κ2) is 2.86. The largest absolute Gasteiger partial charge is 0.0816 e. The molecule has 0 fully saturated rings. The van der Waals surface area contributed by atoms with E-state index in [1.54, 1.807) is 0 Å². The molecule has 0 N–H and O–H groups in total. The monoisotopic (exact) mass is 122 g/mol. The molecule has 0 aliphatic heterocycles. The summed E-state index contributed by atoms with van der Waals surface area (Å²) in [6.45, 7) is 4.43. The molecule has 1 unspecified atom stereocenters. The maximum Gasteiger partial charge on any atom is -0.0256 e. The third-order valence-corrected chi connectivity index (χ3v) is 1.78. The van der Waals surface area contributed by atoms with E-state index in [1.807, 2.05) is 0 Å². The molecule has 0 radical (unpaired) electrons. The average Bonchev–Trinajstić information content (AvgIpc) is 1.97. The summed E-state index contributed by atoms with van der Waals surface area (Å²) in [4.78, 5) is 0. The summed E-state index contributed by atoms with van der Waals surface area (Å²) in [6.07, 6.45) is 9.38. The molecule has 1 rings (SSSR count). The lowest BCUT2D eigenvalue weighted by Gasteiger charge is -1.97. The van der Waals surface area contributed by atoms with Crippen LogP contribution in [0.25, 0.3) is 0 Å². The van der Waals surface area contributed by atoms with Crippen LogP contribution < -0.4 is 0 Å². The zero-order valence-electron chi connectivity index (χ0n) is 6.22. The fraction of sp³-hybridized carbons (Fsp3) is 0.556. The molecule has 0 amide bonds. The summed E-state index contributed by atoms with van der Waals surface area (Å²) >= 11 is 0. The van der Waals surface area contributed by atoms with Crippen LogP contribution in [-0.2, 0) is 0 Å². The quantitative estimate of drug-likeness (QED) is 0.463. The highest BCUT2D eigenvalue weighted by Crippen LogP contribution is 2.14. The molecule has 0 heteroatoms.